The minimum absolute atomic E-state index is 0.0307. The Hall–Kier alpha value is -4.39. The summed E-state index contributed by atoms with van der Waals surface area (Å²) in [5, 5.41) is 21.1. The molecule has 1 aromatic heterocycles. The summed E-state index contributed by atoms with van der Waals surface area (Å²) < 4.78 is 1.43. The maximum atomic E-state index is 13.1. The van der Waals surface area contributed by atoms with Crippen LogP contribution in [0.25, 0.3) is 11.3 Å². The van der Waals surface area contributed by atoms with Gasteiger partial charge in [0.2, 0.25) is 0 Å². The number of anilines is 1. The van der Waals surface area contributed by atoms with Gasteiger partial charge in [-0.3, -0.25) is 4.79 Å². The second-order valence-electron chi connectivity index (χ2n) is 9.46. The van der Waals surface area contributed by atoms with E-state index in [1.54, 1.807) is 18.2 Å². The first-order chi connectivity index (χ1) is 18.0. The Morgan fingerprint density at radius 1 is 1.00 bits per heavy atom. The van der Waals surface area contributed by atoms with Crippen LogP contribution in [0, 0.1) is 6.92 Å². The lowest BCUT2D eigenvalue weighted by molar-refractivity contribution is 0.102. The molecule has 188 valence electrons. The highest BCUT2D eigenvalue weighted by Gasteiger charge is 2.27. The van der Waals surface area contributed by atoms with Crippen LogP contribution in [0.5, 0.6) is 5.75 Å². The van der Waals surface area contributed by atoms with Crippen LogP contribution in [0.15, 0.2) is 78.9 Å². The summed E-state index contributed by atoms with van der Waals surface area (Å²) in [7, 11) is 0. The highest BCUT2D eigenvalue weighted by molar-refractivity contribution is 6.05. The number of phenols is 1. The Bertz CT molecular complexity index is 1420. The van der Waals surface area contributed by atoms with E-state index in [1.807, 2.05) is 61.5 Å². The third-order valence-electron chi connectivity index (χ3n) is 6.91. The number of hydrogen-bond acceptors (Lipinski definition) is 4. The van der Waals surface area contributed by atoms with Crippen molar-refractivity contribution in [2.24, 2.45) is 0 Å². The van der Waals surface area contributed by atoms with Gasteiger partial charge < -0.3 is 15.7 Å². The zero-order valence-electron chi connectivity index (χ0n) is 20.8. The first-order valence-electron chi connectivity index (χ1n) is 12.6. The predicted molar refractivity (Wildman–Crippen MR) is 144 cm³/mol. The summed E-state index contributed by atoms with van der Waals surface area (Å²) in [6.07, 6.45) is 3.84. The number of hydrogen-bond donors (Lipinski definition) is 3. The Morgan fingerprint density at radius 2 is 1.76 bits per heavy atom. The van der Waals surface area contributed by atoms with Gasteiger partial charge in [0.05, 0.1) is 11.4 Å². The van der Waals surface area contributed by atoms with Crippen molar-refractivity contribution >= 4 is 17.6 Å². The van der Waals surface area contributed by atoms with Crippen molar-refractivity contribution in [3.63, 3.8) is 0 Å². The van der Waals surface area contributed by atoms with Crippen molar-refractivity contribution in [2.75, 3.05) is 11.9 Å². The second kappa shape index (κ2) is 10.7. The van der Waals surface area contributed by atoms with Gasteiger partial charge in [-0.2, -0.15) is 9.78 Å². The summed E-state index contributed by atoms with van der Waals surface area (Å²) in [4.78, 5) is 25.9. The monoisotopic (exact) mass is 494 g/mol. The van der Waals surface area contributed by atoms with Gasteiger partial charge in [-0.1, -0.05) is 55.0 Å². The fourth-order valence-corrected chi connectivity index (χ4v) is 4.56. The van der Waals surface area contributed by atoms with E-state index in [0.717, 1.165) is 42.5 Å². The van der Waals surface area contributed by atoms with E-state index in [-0.39, 0.29) is 23.6 Å². The van der Waals surface area contributed by atoms with Gasteiger partial charge in [0.15, 0.2) is 0 Å². The number of amides is 2. The summed E-state index contributed by atoms with van der Waals surface area (Å²) >= 11 is 0. The van der Waals surface area contributed by atoms with E-state index in [1.165, 1.54) is 10.7 Å². The molecule has 37 heavy (non-hydrogen) atoms. The highest BCUT2D eigenvalue weighted by atomic mass is 16.3. The molecule has 3 aromatic carbocycles. The molecule has 0 saturated heterocycles. The van der Waals surface area contributed by atoms with Gasteiger partial charge in [0.25, 0.3) is 5.91 Å². The molecule has 0 atom stereocenters. The van der Waals surface area contributed by atoms with Gasteiger partial charge in [0.1, 0.15) is 5.75 Å². The molecular weight excluding hydrogens is 464 g/mol. The molecule has 3 N–H and O–H groups in total. The van der Waals surface area contributed by atoms with E-state index in [0.29, 0.717) is 29.1 Å². The molecule has 0 radical (unpaired) electrons. The van der Waals surface area contributed by atoms with E-state index in [4.69, 9.17) is 0 Å². The average molecular weight is 495 g/mol. The lowest BCUT2D eigenvalue weighted by Crippen LogP contribution is -2.33. The predicted octanol–water partition coefficient (Wildman–Crippen LogP) is 5.88. The third-order valence-corrected chi connectivity index (χ3v) is 6.91. The Balaban J connectivity index is 1.37. The van der Waals surface area contributed by atoms with Gasteiger partial charge in [-0.15, -0.1) is 0 Å². The van der Waals surface area contributed by atoms with Crippen LogP contribution >= 0.6 is 0 Å². The molecule has 0 aliphatic heterocycles. The molecular formula is C30H30N4O3. The molecule has 1 heterocycles. The van der Waals surface area contributed by atoms with E-state index >= 15 is 0 Å². The molecule has 2 amide bonds. The van der Waals surface area contributed by atoms with Crippen molar-refractivity contribution in [3.05, 3.63) is 101 Å². The summed E-state index contributed by atoms with van der Waals surface area (Å²) in [5.41, 5.74) is 4.93. The highest BCUT2D eigenvalue weighted by Crippen LogP contribution is 2.39. The molecule has 7 heteroatoms. The molecule has 5 rings (SSSR count). The van der Waals surface area contributed by atoms with E-state index < -0.39 is 0 Å². The molecule has 1 aliphatic rings. The topological polar surface area (TPSA) is 96.2 Å². The molecule has 0 bridgehead atoms. The van der Waals surface area contributed by atoms with Crippen LogP contribution in [0.3, 0.4) is 0 Å². The van der Waals surface area contributed by atoms with Crippen LogP contribution in [0.1, 0.15) is 52.4 Å². The summed E-state index contributed by atoms with van der Waals surface area (Å²) in [6.45, 7) is 2.38. The van der Waals surface area contributed by atoms with Crippen molar-refractivity contribution in [1.82, 2.24) is 15.1 Å². The summed E-state index contributed by atoms with van der Waals surface area (Å²) in [6, 6.07) is 23.8. The SMILES string of the molecule is Cc1ccccc1C(=O)Nc1ccc(O)c(-c2cc(C3CCC3)n(C(=O)NCCc3ccccc3)n2)c1. The standard InChI is InChI=1S/C30H30N4O3/c1-20-8-5-6-13-24(20)29(36)32-23-14-15-28(35)25(18-23)26-19-27(22-11-7-12-22)34(33-26)30(37)31-17-16-21-9-3-2-4-10-21/h2-6,8-10,13-15,18-19,22,35H,7,11-12,16-17H2,1H3,(H,31,37)(H,32,36). The van der Waals surface area contributed by atoms with Crippen molar-refractivity contribution < 1.29 is 14.7 Å². The number of benzene rings is 3. The maximum Gasteiger partial charge on any atom is 0.342 e. The van der Waals surface area contributed by atoms with Crippen LogP contribution in [-0.2, 0) is 6.42 Å². The number of nitrogens with one attached hydrogen (secondary N) is 2. The van der Waals surface area contributed by atoms with Gasteiger partial charge in [0, 0.05) is 29.3 Å². The minimum Gasteiger partial charge on any atom is -0.507 e. The molecule has 4 aromatic rings. The fourth-order valence-electron chi connectivity index (χ4n) is 4.56. The lowest BCUT2D eigenvalue weighted by Gasteiger charge is -2.25. The number of carbonyl (C=O) groups excluding carboxylic acids is 2. The number of carbonyl (C=O) groups is 2. The number of phenolic OH excluding ortho intramolecular Hbond substituents is 1. The Morgan fingerprint density at radius 3 is 2.49 bits per heavy atom. The molecule has 0 unspecified atom stereocenters. The normalized spacial score (nSPS) is 13.1. The number of aromatic nitrogens is 2. The summed E-state index contributed by atoms with van der Waals surface area (Å²) in [5.74, 6) is 0.0589. The van der Waals surface area contributed by atoms with Crippen molar-refractivity contribution in [2.45, 2.75) is 38.5 Å². The lowest BCUT2D eigenvalue weighted by atomic mass is 9.82. The zero-order valence-corrected chi connectivity index (χ0v) is 20.8. The minimum atomic E-state index is -0.285. The number of rotatable bonds is 7. The average Bonchev–Trinajstić information content (AvgIpc) is 3.29. The van der Waals surface area contributed by atoms with Gasteiger partial charge in [-0.25, -0.2) is 4.79 Å². The quantitative estimate of drug-likeness (QED) is 0.279. The van der Waals surface area contributed by atoms with Crippen LogP contribution in [0.2, 0.25) is 0 Å². The van der Waals surface area contributed by atoms with Crippen molar-refractivity contribution in [1.29, 1.82) is 0 Å². The Labute approximate surface area is 216 Å². The van der Waals surface area contributed by atoms with E-state index in [2.05, 4.69) is 15.7 Å². The second-order valence-corrected chi connectivity index (χ2v) is 9.46. The largest absolute Gasteiger partial charge is 0.507 e. The molecule has 0 spiro atoms. The smallest absolute Gasteiger partial charge is 0.342 e. The van der Waals surface area contributed by atoms with Crippen molar-refractivity contribution in [3.8, 4) is 17.0 Å². The molecule has 1 aliphatic carbocycles. The first kappa shape index (κ1) is 24.3. The number of nitrogens with zero attached hydrogens (tertiary/aromatic N) is 2. The van der Waals surface area contributed by atoms with Crippen LogP contribution < -0.4 is 10.6 Å². The van der Waals surface area contributed by atoms with Crippen LogP contribution in [-0.4, -0.2) is 33.4 Å². The molecule has 1 saturated carbocycles. The van der Waals surface area contributed by atoms with Gasteiger partial charge >= 0.3 is 6.03 Å². The molecule has 1 fully saturated rings. The fraction of sp³-hybridized carbons (Fsp3) is 0.233. The van der Waals surface area contributed by atoms with Crippen LogP contribution in [0.4, 0.5) is 10.5 Å². The molecule has 7 nitrogen and oxygen atoms in total. The van der Waals surface area contributed by atoms with E-state index in [9.17, 15) is 14.7 Å². The number of aromatic hydroxyl groups is 1. The third kappa shape index (κ3) is 5.40. The Kier molecular flexibility index (Phi) is 7.03. The first-order valence-corrected chi connectivity index (χ1v) is 12.6. The number of aryl methyl sites for hydroxylation is 1. The maximum absolute atomic E-state index is 13.1. The zero-order chi connectivity index (χ0) is 25.8. The van der Waals surface area contributed by atoms with Gasteiger partial charge in [-0.05, 0) is 67.6 Å².